The van der Waals surface area contributed by atoms with Crippen molar-refractivity contribution in [2.45, 2.75) is 44.9 Å². The second kappa shape index (κ2) is 9.15. The molecular formula is C16H23N5O3S2. The van der Waals surface area contributed by atoms with Crippen LogP contribution in [-0.4, -0.2) is 35.4 Å². The van der Waals surface area contributed by atoms with E-state index in [1.54, 1.807) is 12.1 Å². The van der Waals surface area contributed by atoms with Crippen LogP contribution < -0.4 is 4.90 Å². The van der Waals surface area contributed by atoms with Gasteiger partial charge in [0.05, 0.1) is 0 Å². The van der Waals surface area contributed by atoms with Crippen molar-refractivity contribution in [2.24, 2.45) is 10.2 Å². The average Bonchev–Trinajstić information content (AvgIpc) is 3.07. The molecule has 2 rings (SSSR count). The number of aryl methyl sites for hydroxylation is 1. The summed E-state index contributed by atoms with van der Waals surface area (Å²) in [6.45, 7) is 7.63. The number of azo groups is 1. The molecule has 0 aliphatic rings. The van der Waals surface area contributed by atoms with Gasteiger partial charge in [-0.3, -0.25) is 4.55 Å². The first-order valence-electron chi connectivity index (χ1n) is 8.49. The molecule has 1 heterocycles. The first kappa shape index (κ1) is 20.4. The van der Waals surface area contributed by atoms with Crippen molar-refractivity contribution in [3.05, 3.63) is 24.0 Å². The first-order chi connectivity index (χ1) is 12.4. The first-order valence-corrected chi connectivity index (χ1v) is 10.7. The Kier molecular flexibility index (Phi) is 7.18. The molecular weight excluding hydrogens is 374 g/mol. The SMILES string of the molecule is CCCN(CCC)c1ccc(N=Nc2nc(CC)ns2)c(S(=O)(=O)O)c1. The van der Waals surface area contributed by atoms with Crippen molar-refractivity contribution >= 4 is 38.2 Å². The summed E-state index contributed by atoms with van der Waals surface area (Å²) in [6, 6.07) is 4.76. The van der Waals surface area contributed by atoms with Crippen LogP contribution in [0.15, 0.2) is 33.3 Å². The number of hydrogen-bond donors (Lipinski definition) is 1. The summed E-state index contributed by atoms with van der Waals surface area (Å²) in [5.41, 5.74) is 0.793. The molecule has 0 unspecified atom stereocenters. The van der Waals surface area contributed by atoms with Gasteiger partial charge in [-0.05, 0) is 31.0 Å². The Morgan fingerprint density at radius 3 is 2.38 bits per heavy atom. The van der Waals surface area contributed by atoms with E-state index in [9.17, 15) is 13.0 Å². The van der Waals surface area contributed by atoms with Crippen molar-refractivity contribution < 1.29 is 13.0 Å². The Bertz CT molecular complexity index is 859. The van der Waals surface area contributed by atoms with Gasteiger partial charge in [0.2, 0.25) is 5.13 Å². The second-order valence-electron chi connectivity index (χ2n) is 5.66. The molecule has 10 heteroatoms. The molecule has 2 aromatic rings. The van der Waals surface area contributed by atoms with Gasteiger partial charge in [-0.2, -0.15) is 12.8 Å². The lowest BCUT2D eigenvalue weighted by molar-refractivity contribution is 0.483. The fraction of sp³-hybridized carbons (Fsp3) is 0.500. The summed E-state index contributed by atoms with van der Waals surface area (Å²) >= 11 is 1.09. The van der Waals surface area contributed by atoms with Crippen molar-refractivity contribution in [3.8, 4) is 0 Å². The molecule has 0 spiro atoms. The molecule has 8 nitrogen and oxygen atoms in total. The molecule has 142 valence electrons. The summed E-state index contributed by atoms with van der Waals surface area (Å²) < 4.78 is 37.3. The van der Waals surface area contributed by atoms with Crippen LogP contribution in [0.2, 0.25) is 0 Å². The molecule has 1 aromatic carbocycles. The molecule has 0 aliphatic heterocycles. The van der Waals surface area contributed by atoms with Gasteiger partial charge < -0.3 is 4.90 Å². The Balaban J connectivity index is 2.39. The van der Waals surface area contributed by atoms with E-state index in [2.05, 4.69) is 38.3 Å². The number of anilines is 1. The average molecular weight is 398 g/mol. The largest absolute Gasteiger partial charge is 0.372 e. The zero-order valence-electron chi connectivity index (χ0n) is 15.1. The van der Waals surface area contributed by atoms with E-state index < -0.39 is 10.1 Å². The maximum absolute atomic E-state index is 11.8. The van der Waals surface area contributed by atoms with E-state index >= 15 is 0 Å². The van der Waals surface area contributed by atoms with Crippen LogP contribution in [0.25, 0.3) is 0 Å². The number of nitrogens with zero attached hydrogens (tertiary/aromatic N) is 5. The highest BCUT2D eigenvalue weighted by atomic mass is 32.2. The molecule has 0 bridgehead atoms. The minimum Gasteiger partial charge on any atom is -0.372 e. The Morgan fingerprint density at radius 1 is 1.15 bits per heavy atom. The van der Waals surface area contributed by atoms with Crippen LogP contribution in [0.3, 0.4) is 0 Å². The smallest absolute Gasteiger partial charge is 0.296 e. The third kappa shape index (κ3) is 5.29. The lowest BCUT2D eigenvalue weighted by Crippen LogP contribution is -2.25. The molecule has 1 aromatic heterocycles. The van der Waals surface area contributed by atoms with Gasteiger partial charge in [0.15, 0.2) is 0 Å². The number of benzene rings is 1. The predicted molar refractivity (Wildman–Crippen MR) is 103 cm³/mol. The van der Waals surface area contributed by atoms with Crippen molar-refractivity contribution in [1.29, 1.82) is 0 Å². The molecule has 26 heavy (non-hydrogen) atoms. The minimum atomic E-state index is -4.44. The van der Waals surface area contributed by atoms with Crippen LogP contribution in [0.4, 0.5) is 16.5 Å². The van der Waals surface area contributed by atoms with Gasteiger partial charge in [0, 0.05) is 36.7 Å². The van der Waals surface area contributed by atoms with Crippen LogP contribution in [0.1, 0.15) is 39.4 Å². The quantitative estimate of drug-likeness (QED) is 0.496. The number of aromatic nitrogens is 2. The molecule has 1 N–H and O–H groups in total. The van der Waals surface area contributed by atoms with Crippen molar-refractivity contribution in [1.82, 2.24) is 9.36 Å². The summed E-state index contributed by atoms with van der Waals surface area (Å²) in [4.78, 5) is 5.97. The fourth-order valence-corrected chi connectivity index (χ4v) is 3.65. The number of rotatable bonds is 9. The van der Waals surface area contributed by atoms with Gasteiger partial charge in [-0.15, -0.1) is 10.2 Å². The van der Waals surface area contributed by atoms with E-state index in [-0.39, 0.29) is 10.6 Å². The molecule has 0 saturated heterocycles. The Labute approximate surface area is 157 Å². The van der Waals surface area contributed by atoms with Crippen molar-refractivity contribution in [3.63, 3.8) is 0 Å². The van der Waals surface area contributed by atoms with Gasteiger partial charge in [0.25, 0.3) is 10.1 Å². The highest BCUT2D eigenvalue weighted by molar-refractivity contribution is 7.86. The molecule has 0 aliphatic carbocycles. The molecule has 0 fully saturated rings. The van der Waals surface area contributed by atoms with E-state index in [1.165, 1.54) is 6.07 Å². The predicted octanol–water partition coefficient (Wildman–Crippen LogP) is 4.39. The lowest BCUT2D eigenvalue weighted by atomic mass is 10.2. The molecule has 0 atom stereocenters. The summed E-state index contributed by atoms with van der Waals surface area (Å²) in [6.07, 6.45) is 2.54. The van der Waals surface area contributed by atoms with E-state index in [1.807, 2.05) is 6.92 Å². The Hall–Kier alpha value is -1.91. The third-order valence-corrected chi connectivity index (χ3v) is 5.11. The standard InChI is InChI=1S/C16H23N5O3S2/c1-4-9-21(10-5-2)12-7-8-13(14(11-12)26(22,23)24)18-19-16-17-15(6-3)20-25-16/h7-8,11H,4-6,9-10H2,1-3H3,(H,22,23,24). The van der Waals surface area contributed by atoms with Crippen LogP contribution in [-0.2, 0) is 16.5 Å². The summed E-state index contributed by atoms with van der Waals surface area (Å²) in [7, 11) is -4.44. The van der Waals surface area contributed by atoms with Gasteiger partial charge in [0.1, 0.15) is 16.4 Å². The lowest BCUT2D eigenvalue weighted by Gasteiger charge is -2.24. The van der Waals surface area contributed by atoms with Crippen LogP contribution >= 0.6 is 11.5 Å². The van der Waals surface area contributed by atoms with E-state index in [0.29, 0.717) is 17.4 Å². The maximum Gasteiger partial charge on any atom is 0.296 e. The highest BCUT2D eigenvalue weighted by Crippen LogP contribution is 2.31. The second-order valence-corrected chi connectivity index (χ2v) is 7.78. The van der Waals surface area contributed by atoms with Crippen LogP contribution in [0.5, 0.6) is 0 Å². The maximum atomic E-state index is 11.8. The fourth-order valence-electron chi connectivity index (χ4n) is 2.42. The third-order valence-electron chi connectivity index (χ3n) is 3.59. The van der Waals surface area contributed by atoms with Crippen LogP contribution in [0, 0.1) is 0 Å². The monoisotopic (exact) mass is 397 g/mol. The topological polar surface area (TPSA) is 108 Å². The van der Waals surface area contributed by atoms with Gasteiger partial charge in [-0.25, -0.2) is 4.98 Å². The molecule has 0 radical (unpaired) electrons. The minimum absolute atomic E-state index is 0.0671. The molecule has 0 amide bonds. The summed E-state index contributed by atoms with van der Waals surface area (Å²) in [5, 5.41) is 8.24. The van der Waals surface area contributed by atoms with Gasteiger partial charge >= 0.3 is 0 Å². The number of hydrogen-bond acceptors (Lipinski definition) is 8. The van der Waals surface area contributed by atoms with E-state index in [4.69, 9.17) is 0 Å². The zero-order valence-corrected chi connectivity index (χ0v) is 16.7. The van der Waals surface area contributed by atoms with Gasteiger partial charge in [-0.1, -0.05) is 20.8 Å². The highest BCUT2D eigenvalue weighted by Gasteiger charge is 2.18. The van der Waals surface area contributed by atoms with E-state index in [0.717, 1.165) is 43.2 Å². The Morgan fingerprint density at radius 2 is 1.85 bits per heavy atom. The summed E-state index contributed by atoms with van der Waals surface area (Å²) in [5.74, 6) is 0.657. The normalized spacial score (nSPS) is 12.0. The molecule has 0 saturated carbocycles. The van der Waals surface area contributed by atoms with Crippen molar-refractivity contribution in [2.75, 3.05) is 18.0 Å². The zero-order chi connectivity index (χ0) is 19.2.